The molecule has 1 rings (SSSR count). The third kappa shape index (κ3) is 4.83. The minimum absolute atomic E-state index is 0.0202. The van der Waals surface area contributed by atoms with Gasteiger partial charge in [-0.1, -0.05) is 12.1 Å². The standard InChI is InChI=1S/C13H18N2O5S/c1-9(13(17)14-2)15-21(18,19)11-6-4-10(5-7-11)8-12(16)20-3/h4-7,9,15H,8H2,1-3H3,(H,14,17). The lowest BCUT2D eigenvalue weighted by molar-refractivity contribution is -0.139. The van der Waals surface area contributed by atoms with Crippen LogP contribution in [0.4, 0.5) is 0 Å². The summed E-state index contributed by atoms with van der Waals surface area (Å²) < 4.78 is 30.9. The number of esters is 1. The molecule has 0 aliphatic carbocycles. The Kier molecular flexibility index (Phi) is 5.86. The molecule has 0 spiro atoms. The molecule has 2 N–H and O–H groups in total. The Labute approximate surface area is 123 Å². The fraction of sp³-hybridized carbons (Fsp3) is 0.385. The highest BCUT2D eigenvalue weighted by molar-refractivity contribution is 7.89. The van der Waals surface area contributed by atoms with E-state index in [1.165, 1.54) is 45.3 Å². The lowest BCUT2D eigenvalue weighted by Crippen LogP contribution is -2.43. The van der Waals surface area contributed by atoms with E-state index in [4.69, 9.17) is 0 Å². The molecule has 0 saturated carbocycles. The molecule has 8 heteroatoms. The minimum atomic E-state index is -3.79. The number of benzene rings is 1. The monoisotopic (exact) mass is 314 g/mol. The molecule has 0 bridgehead atoms. The summed E-state index contributed by atoms with van der Waals surface area (Å²) in [5.41, 5.74) is 0.639. The molecular formula is C13H18N2O5S. The fourth-order valence-corrected chi connectivity index (χ4v) is 2.80. The largest absolute Gasteiger partial charge is 0.469 e. The Hall–Kier alpha value is -1.93. The average Bonchev–Trinajstić information content (AvgIpc) is 2.46. The zero-order chi connectivity index (χ0) is 16.0. The van der Waals surface area contributed by atoms with Gasteiger partial charge >= 0.3 is 5.97 Å². The third-order valence-electron chi connectivity index (χ3n) is 2.78. The summed E-state index contributed by atoms with van der Waals surface area (Å²) in [5.74, 6) is -0.835. The van der Waals surface area contributed by atoms with E-state index >= 15 is 0 Å². The van der Waals surface area contributed by atoms with Gasteiger partial charge in [0.25, 0.3) is 0 Å². The molecule has 0 heterocycles. The SMILES string of the molecule is CNC(=O)C(C)NS(=O)(=O)c1ccc(CC(=O)OC)cc1. The summed E-state index contributed by atoms with van der Waals surface area (Å²) in [6, 6.07) is 4.91. The molecule has 116 valence electrons. The van der Waals surface area contributed by atoms with Crippen LogP contribution < -0.4 is 10.0 Å². The van der Waals surface area contributed by atoms with E-state index in [2.05, 4.69) is 14.8 Å². The number of rotatable bonds is 6. The third-order valence-corrected chi connectivity index (χ3v) is 4.34. The Bertz CT molecular complexity index is 610. The maximum atomic E-state index is 12.1. The van der Waals surface area contributed by atoms with Gasteiger partial charge in [-0.2, -0.15) is 4.72 Å². The molecule has 0 fully saturated rings. The van der Waals surface area contributed by atoms with Gasteiger partial charge in [0.05, 0.1) is 24.5 Å². The lowest BCUT2D eigenvalue weighted by atomic mass is 10.2. The molecule has 21 heavy (non-hydrogen) atoms. The first-order valence-corrected chi connectivity index (χ1v) is 7.68. The molecule has 0 aliphatic heterocycles. The number of amides is 1. The van der Waals surface area contributed by atoms with Crippen LogP contribution in [0.15, 0.2) is 29.2 Å². The zero-order valence-electron chi connectivity index (χ0n) is 12.0. The number of carbonyl (C=O) groups excluding carboxylic acids is 2. The van der Waals surface area contributed by atoms with E-state index in [0.29, 0.717) is 5.56 Å². The van der Waals surface area contributed by atoms with Crippen molar-refractivity contribution < 1.29 is 22.7 Å². The molecule has 1 aromatic rings. The average molecular weight is 314 g/mol. The van der Waals surface area contributed by atoms with E-state index in [1.807, 2.05) is 0 Å². The van der Waals surface area contributed by atoms with Crippen LogP contribution in [0.3, 0.4) is 0 Å². The van der Waals surface area contributed by atoms with Gasteiger partial charge in [0.15, 0.2) is 0 Å². The number of methoxy groups -OCH3 is 1. The predicted octanol–water partition coefficient (Wildman–Crippen LogP) is -0.185. The van der Waals surface area contributed by atoms with E-state index < -0.39 is 27.9 Å². The normalized spacial score (nSPS) is 12.5. The van der Waals surface area contributed by atoms with Gasteiger partial charge < -0.3 is 10.1 Å². The second-order valence-electron chi connectivity index (χ2n) is 4.35. The van der Waals surface area contributed by atoms with E-state index in [9.17, 15) is 18.0 Å². The smallest absolute Gasteiger partial charge is 0.309 e. The maximum absolute atomic E-state index is 12.1. The fourth-order valence-electron chi connectivity index (χ4n) is 1.60. The van der Waals surface area contributed by atoms with Crippen molar-refractivity contribution in [1.29, 1.82) is 0 Å². The summed E-state index contributed by atoms with van der Waals surface area (Å²) in [7, 11) is -1.08. The molecule has 1 atom stereocenters. The summed E-state index contributed by atoms with van der Waals surface area (Å²) in [6.07, 6.45) is 0.0684. The quantitative estimate of drug-likeness (QED) is 0.709. The summed E-state index contributed by atoms with van der Waals surface area (Å²) >= 11 is 0. The van der Waals surface area contributed by atoms with Gasteiger partial charge in [-0.3, -0.25) is 9.59 Å². The Morgan fingerprint density at radius 2 is 1.81 bits per heavy atom. The number of sulfonamides is 1. The highest BCUT2D eigenvalue weighted by Gasteiger charge is 2.21. The van der Waals surface area contributed by atoms with Crippen LogP contribution in [0.2, 0.25) is 0 Å². The van der Waals surface area contributed by atoms with Crippen molar-refractivity contribution in [2.75, 3.05) is 14.2 Å². The molecular weight excluding hydrogens is 296 g/mol. The van der Waals surface area contributed by atoms with Gasteiger partial charge in [-0.15, -0.1) is 0 Å². The van der Waals surface area contributed by atoms with Gasteiger partial charge in [-0.25, -0.2) is 8.42 Å². The van der Waals surface area contributed by atoms with Crippen molar-refractivity contribution in [3.8, 4) is 0 Å². The number of nitrogens with one attached hydrogen (secondary N) is 2. The van der Waals surface area contributed by atoms with Gasteiger partial charge in [-0.05, 0) is 24.6 Å². The zero-order valence-corrected chi connectivity index (χ0v) is 12.9. The Balaban J connectivity index is 2.85. The molecule has 0 aliphatic rings. The molecule has 7 nitrogen and oxygen atoms in total. The lowest BCUT2D eigenvalue weighted by Gasteiger charge is -2.13. The van der Waals surface area contributed by atoms with Gasteiger partial charge in [0.1, 0.15) is 0 Å². The van der Waals surface area contributed by atoms with Crippen LogP contribution in [-0.4, -0.2) is 40.5 Å². The number of hydrogen-bond acceptors (Lipinski definition) is 5. The van der Waals surface area contributed by atoms with Crippen LogP contribution in [0.5, 0.6) is 0 Å². The second kappa shape index (κ2) is 7.19. The molecule has 1 amide bonds. The highest BCUT2D eigenvalue weighted by atomic mass is 32.2. The van der Waals surface area contributed by atoms with Crippen LogP contribution in [0.25, 0.3) is 0 Å². The van der Waals surface area contributed by atoms with Crippen LogP contribution >= 0.6 is 0 Å². The summed E-state index contributed by atoms with van der Waals surface area (Å²) in [6.45, 7) is 1.45. The summed E-state index contributed by atoms with van der Waals surface area (Å²) in [5, 5.41) is 2.36. The number of hydrogen-bond donors (Lipinski definition) is 2. The second-order valence-corrected chi connectivity index (χ2v) is 6.07. The van der Waals surface area contributed by atoms with Crippen LogP contribution in [0.1, 0.15) is 12.5 Å². The molecule has 1 unspecified atom stereocenters. The van der Waals surface area contributed by atoms with Crippen molar-refractivity contribution in [2.45, 2.75) is 24.3 Å². The van der Waals surface area contributed by atoms with E-state index in [1.54, 1.807) is 0 Å². The highest BCUT2D eigenvalue weighted by Crippen LogP contribution is 2.12. The van der Waals surface area contributed by atoms with Gasteiger partial charge in [0, 0.05) is 7.05 Å². The van der Waals surface area contributed by atoms with Crippen molar-refractivity contribution in [3.05, 3.63) is 29.8 Å². The van der Waals surface area contributed by atoms with E-state index in [-0.39, 0.29) is 11.3 Å². The topological polar surface area (TPSA) is 102 Å². The minimum Gasteiger partial charge on any atom is -0.469 e. The van der Waals surface area contributed by atoms with Crippen molar-refractivity contribution in [1.82, 2.24) is 10.0 Å². The van der Waals surface area contributed by atoms with E-state index in [0.717, 1.165) is 0 Å². The molecule has 0 aromatic heterocycles. The first-order chi connectivity index (χ1) is 9.80. The summed E-state index contributed by atoms with van der Waals surface area (Å²) in [4.78, 5) is 22.5. The maximum Gasteiger partial charge on any atom is 0.309 e. The molecule has 0 radical (unpaired) electrons. The van der Waals surface area contributed by atoms with Crippen molar-refractivity contribution in [3.63, 3.8) is 0 Å². The number of carbonyl (C=O) groups is 2. The molecule has 1 aromatic carbocycles. The number of likely N-dealkylation sites (N-methyl/N-ethyl adjacent to an activating group) is 1. The first kappa shape index (κ1) is 17.1. The van der Waals surface area contributed by atoms with Crippen LogP contribution in [0, 0.1) is 0 Å². The van der Waals surface area contributed by atoms with Crippen molar-refractivity contribution >= 4 is 21.9 Å². The molecule has 0 saturated heterocycles. The number of ether oxygens (including phenoxy) is 1. The Morgan fingerprint density at radius 1 is 1.24 bits per heavy atom. The Morgan fingerprint density at radius 3 is 2.29 bits per heavy atom. The van der Waals surface area contributed by atoms with Gasteiger partial charge in [0.2, 0.25) is 15.9 Å². The first-order valence-electron chi connectivity index (χ1n) is 6.20. The van der Waals surface area contributed by atoms with Crippen molar-refractivity contribution in [2.24, 2.45) is 0 Å². The van der Waals surface area contributed by atoms with Crippen LogP contribution in [-0.2, 0) is 30.8 Å². The predicted molar refractivity (Wildman–Crippen MR) is 76.0 cm³/mol.